The summed E-state index contributed by atoms with van der Waals surface area (Å²) in [6, 6.07) is 8.75. The van der Waals surface area contributed by atoms with Crippen molar-refractivity contribution in [1.82, 2.24) is 9.55 Å². The molecule has 0 aliphatic carbocycles. The van der Waals surface area contributed by atoms with Gasteiger partial charge >= 0.3 is 0 Å². The van der Waals surface area contributed by atoms with Crippen LogP contribution in [0.3, 0.4) is 0 Å². The Labute approximate surface area is 115 Å². The molecule has 3 nitrogen and oxygen atoms in total. The number of nitrogens with two attached hydrogens (primary N) is 1. The molecule has 0 amide bonds. The van der Waals surface area contributed by atoms with Gasteiger partial charge in [0.15, 0.2) is 0 Å². The van der Waals surface area contributed by atoms with Crippen LogP contribution in [-0.4, -0.2) is 15.6 Å². The molecule has 1 unspecified atom stereocenters. The number of aryl methyl sites for hydroxylation is 2. The average molecular weight is 259 g/mol. The molecule has 0 bridgehead atoms. The van der Waals surface area contributed by atoms with Crippen LogP contribution >= 0.6 is 0 Å². The van der Waals surface area contributed by atoms with Crippen LogP contribution in [0.15, 0.2) is 24.3 Å². The van der Waals surface area contributed by atoms with Crippen molar-refractivity contribution < 1.29 is 0 Å². The van der Waals surface area contributed by atoms with E-state index < -0.39 is 0 Å². The first-order valence-electron chi connectivity index (χ1n) is 7.46. The van der Waals surface area contributed by atoms with E-state index in [2.05, 4.69) is 42.7 Å². The van der Waals surface area contributed by atoms with Crippen molar-refractivity contribution >= 4 is 11.0 Å². The maximum atomic E-state index is 5.98. The molecule has 0 saturated heterocycles. The summed E-state index contributed by atoms with van der Waals surface area (Å²) in [7, 11) is 0. The highest BCUT2D eigenvalue weighted by Crippen LogP contribution is 2.18. The van der Waals surface area contributed by atoms with E-state index in [1.54, 1.807) is 0 Å². The standard InChI is InChI=1S/C16H25N3/c1-3-12-19-15-10-6-5-9-14(15)18-16(19)11-7-8-13(17)4-2/h5-6,9-10,13H,3-4,7-8,11-12,17H2,1-2H3. The lowest BCUT2D eigenvalue weighted by Gasteiger charge is -2.10. The zero-order valence-corrected chi connectivity index (χ0v) is 12.1. The van der Waals surface area contributed by atoms with E-state index >= 15 is 0 Å². The Hall–Kier alpha value is -1.35. The summed E-state index contributed by atoms with van der Waals surface area (Å²) < 4.78 is 2.37. The van der Waals surface area contributed by atoms with Crippen molar-refractivity contribution in [3.63, 3.8) is 0 Å². The number of fused-ring (bicyclic) bond motifs is 1. The molecule has 104 valence electrons. The van der Waals surface area contributed by atoms with Gasteiger partial charge in [-0.05, 0) is 37.8 Å². The number of hydrogen-bond acceptors (Lipinski definition) is 2. The molecule has 3 heteroatoms. The number of rotatable bonds is 7. The Balaban J connectivity index is 2.14. The molecule has 1 aromatic carbocycles. The van der Waals surface area contributed by atoms with Gasteiger partial charge in [0, 0.05) is 19.0 Å². The van der Waals surface area contributed by atoms with Crippen molar-refractivity contribution in [3.8, 4) is 0 Å². The normalized spacial score (nSPS) is 13.0. The van der Waals surface area contributed by atoms with Crippen LogP contribution in [0.5, 0.6) is 0 Å². The molecule has 1 aromatic heterocycles. The summed E-state index contributed by atoms with van der Waals surface area (Å²) in [6.07, 6.45) is 5.45. The second kappa shape index (κ2) is 6.71. The van der Waals surface area contributed by atoms with Gasteiger partial charge < -0.3 is 10.3 Å². The summed E-state index contributed by atoms with van der Waals surface area (Å²) in [5, 5.41) is 0. The van der Waals surface area contributed by atoms with Gasteiger partial charge in [0.2, 0.25) is 0 Å². The minimum Gasteiger partial charge on any atom is -0.328 e. The topological polar surface area (TPSA) is 43.8 Å². The molecule has 2 rings (SSSR count). The van der Waals surface area contributed by atoms with Gasteiger partial charge in [0.1, 0.15) is 5.82 Å². The molecule has 0 radical (unpaired) electrons. The van der Waals surface area contributed by atoms with Gasteiger partial charge in [-0.3, -0.25) is 0 Å². The third-order valence-electron chi connectivity index (χ3n) is 3.68. The maximum absolute atomic E-state index is 5.98. The van der Waals surface area contributed by atoms with Crippen LogP contribution < -0.4 is 5.73 Å². The molecule has 1 heterocycles. The molecule has 0 aliphatic rings. The van der Waals surface area contributed by atoms with Gasteiger partial charge in [0.25, 0.3) is 0 Å². The summed E-state index contributed by atoms with van der Waals surface area (Å²) in [4.78, 5) is 4.78. The molecule has 0 spiro atoms. The summed E-state index contributed by atoms with van der Waals surface area (Å²) in [6.45, 7) is 5.41. The largest absolute Gasteiger partial charge is 0.328 e. The number of hydrogen-bond donors (Lipinski definition) is 1. The Kier molecular flexibility index (Phi) is 4.97. The van der Waals surface area contributed by atoms with Crippen LogP contribution in [-0.2, 0) is 13.0 Å². The second-order valence-corrected chi connectivity index (χ2v) is 5.23. The highest BCUT2D eigenvalue weighted by Gasteiger charge is 2.09. The third-order valence-corrected chi connectivity index (χ3v) is 3.68. The molecule has 19 heavy (non-hydrogen) atoms. The second-order valence-electron chi connectivity index (χ2n) is 5.23. The van der Waals surface area contributed by atoms with E-state index in [-0.39, 0.29) is 0 Å². The predicted octanol–water partition coefficient (Wildman–Crippen LogP) is 3.51. The maximum Gasteiger partial charge on any atom is 0.109 e. The highest BCUT2D eigenvalue weighted by atomic mass is 15.1. The highest BCUT2D eigenvalue weighted by molar-refractivity contribution is 5.75. The van der Waals surface area contributed by atoms with E-state index in [0.717, 1.165) is 44.2 Å². The van der Waals surface area contributed by atoms with E-state index in [4.69, 9.17) is 10.7 Å². The monoisotopic (exact) mass is 259 g/mol. The minimum absolute atomic E-state index is 0.337. The molecule has 0 fully saturated rings. The zero-order chi connectivity index (χ0) is 13.7. The summed E-state index contributed by atoms with van der Waals surface area (Å²) in [5.74, 6) is 1.21. The van der Waals surface area contributed by atoms with Crippen molar-refractivity contribution in [3.05, 3.63) is 30.1 Å². The number of aromatic nitrogens is 2. The van der Waals surface area contributed by atoms with Gasteiger partial charge in [-0.25, -0.2) is 4.98 Å². The lowest BCUT2D eigenvalue weighted by atomic mass is 10.1. The van der Waals surface area contributed by atoms with E-state index in [1.165, 1.54) is 11.3 Å². The third kappa shape index (κ3) is 3.35. The van der Waals surface area contributed by atoms with E-state index in [9.17, 15) is 0 Å². The molecule has 0 saturated carbocycles. The summed E-state index contributed by atoms with van der Waals surface area (Å²) >= 11 is 0. The Morgan fingerprint density at radius 2 is 2.05 bits per heavy atom. The zero-order valence-electron chi connectivity index (χ0n) is 12.1. The molecule has 2 N–H and O–H groups in total. The van der Waals surface area contributed by atoms with E-state index in [1.807, 2.05) is 0 Å². The van der Waals surface area contributed by atoms with Crippen LogP contribution in [0.25, 0.3) is 11.0 Å². The fourth-order valence-electron chi connectivity index (χ4n) is 2.52. The van der Waals surface area contributed by atoms with Gasteiger partial charge in [-0.2, -0.15) is 0 Å². The lowest BCUT2D eigenvalue weighted by Crippen LogP contribution is -2.18. The molecular weight excluding hydrogens is 234 g/mol. The minimum atomic E-state index is 0.337. The first-order chi connectivity index (χ1) is 9.26. The molecular formula is C16H25N3. The van der Waals surface area contributed by atoms with Crippen molar-refractivity contribution in [2.75, 3.05) is 0 Å². The lowest BCUT2D eigenvalue weighted by molar-refractivity contribution is 0.550. The van der Waals surface area contributed by atoms with Crippen molar-refractivity contribution in [2.24, 2.45) is 5.73 Å². The van der Waals surface area contributed by atoms with Crippen LogP contribution in [0.4, 0.5) is 0 Å². The molecule has 2 aromatic rings. The molecule has 0 aliphatic heterocycles. The predicted molar refractivity (Wildman–Crippen MR) is 81.2 cm³/mol. The Morgan fingerprint density at radius 1 is 1.26 bits per heavy atom. The summed E-state index contributed by atoms with van der Waals surface area (Å²) in [5.41, 5.74) is 8.36. The van der Waals surface area contributed by atoms with E-state index in [0.29, 0.717) is 6.04 Å². The average Bonchev–Trinajstić information content (AvgIpc) is 2.77. The smallest absolute Gasteiger partial charge is 0.109 e. The SMILES string of the molecule is CCCn1c(CCCC(N)CC)nc2ccccc21. The van der Waals surface area contributed by atoms with Crippen molar-refractivity contribution in [2.45, 2.75) is 58.5 Å². The number of benzene rings is 1. The molecule has 1 atom stereocenters. The van der Waals surface area contributed by atoms with Crippen molar-refractivity contribution in [1.29, 1.82) is 0 Å². The van der Waals surface area contributed by atoms with Gasteiger partial charge in [-0.15, -0.1) is 0 Å². The first kappa shape index (κ1) is 14.1. The quantitative estimate of drug-likeness (QED) is 0.827. The fourth-order valence-corrected chi connectivity index (χ4v) is 2.52. The van der Waals surface area contributed by atoms with Gasteiger partial charge in [0.05, 0.1) is 11.0 Å². The number of imidazole rings is 1. The Bertz CT molecular complexity index is 516. The Morgan fingerprint density at radius 3 is 2.79 bits per heavy atom. The van der Waals surface area contributed by atoms with Crippen LogP contribution in [0.2, 0.25) is 0 Å². The van der Waals surface area contributed by atoms with Gasteiger partial charge in [-0.1, -0.05) is 26.0 Å². The number of para-hydroxylation sites is 2. The number of nitrogens with zero attached hydrogens (tertiary/aromatic N) is 2. The van der Waals surface area contributed by atoms with Crippen LogP contribution in [0.1, 0.15) is 45.4 Å². The first-order valence-corrected chi connectivity index (χ1v) is 7.46. The fraction of sp³-hybridized carbons (Fsp3) is 0.562. The van der Waals surface area contributed by atoms with Crippen LogP contribution in [0, 0.1) is 0 Å².